The molecule has 0 aromatic heterocycles. The minimum absolute atomic E-state index is 0.290. The Morgan fingerprint density at radius 2 is 1.91 bits per heavy atom. The molecule has 0 aliphatic heterocycles. The standard InChI is InChI=1S/C10H12O/c1-7-8-4-2-3-5-9(8)10(7)6-11/h2-5,7,10-11H,6H2,1H3. The predicted molar refractivity (Wildman–Crippen MR) is 44.7 cm³/mol. The van der Waals surface area contributed by atoms with E-state index < -0.39 is 0 Å². The molecule has 58 valence electrons. The van der Waals surface area contributed by atoms with Gasteiger partial charge in [-0.1, -0.05) is 31.2 Å². The quantitative estimate of drug-likeness (QED) is 0.644. The van der Waals surface area contributed by atoms with Crippen molar-refractivity contribution in [3.8, 4) is 0 Å². The highest BCUT2D eigenvalue weighted by Crippen LogP contribution is 2.45. The minimum Gasteiger partial charge on any atom is -0.396 e. The number of rotatable bonds is 1. The maximum Gasteiger partial charge on any atom is 0.0505 e. The van der Waals surface area contributed by atoms with Crippen molar-refractivity contribution in [3.63, 3.8) is 0 Å². The third kappa shape index (κ3) is 0.809. The second kappa shape index (κ2) is 2.35. The molecular formula is C10H12O. The van der Waals surface area contributed by atoms with Gasteiger partial charge in [0.1, 0.15) is 0 Å². The second-order valence-electron chi connectivity index (χ2n) is 3.21. The van der Waals surface area contributed by atoms with Crippen molar-refractivity contribution in [1.82, 2.24) is 0 Å². The Hall–Kier alpha value is -0.820. The number of benzene rings is 1. The fraction of sp³-hybridized carbons (Fsp3) is 0.400. The monoisotopic (exact) mass is 148 g/mol. The van der Waals surface area contributed by atoms with Crippen LogP contribution in [0, 0.1) is 0 Å². The molecule has 0 saturated heterocycles. The highest BCUT2D eigenvalue weighted by atomic mass is 16.3. The summed E-state index contributed by atoms with van der Waals surface area (Å²) in [6, 6.07) is 8.35. The zero-order chi connectivity index (χ0) is 7.84. The Bertz CT molecular complexity index is 267. The molecule has 1 nitrogen and oxygen atoms in total. The third-order valence-electron chi connectivity index (χ3n) is 2.69. The summed E-state index contributed by atoms with van der Waals surface area (Å²) in [7, 11) is 0. The van der Waals surface area contributed by atoms with Crippen LogP contribution < -0.4 is 0 Å². The Kier molecular flexibility index (Phi) is 1.46. The van der Waals surface area contributed by atoms with Crippen LogP contribution in [0.3, 0.4) is 0 Å². The van der Waals surface area contributed by atoms with Crippen molar-refractivity contribution in [3.05, 3.63) is 35.4 Å². The van der Waals surface area contributed by atoms with Crippen LogP contribution in [-0.4, -0.2) is 11.7 Å². The first-order chi connectivity index (χ1) is 5.34. The van der Waals surface area contributed by atoms with Gasteiger partial charge in [0.05, 0.1) is 6.61 Å². The third-order valence-corrected chi connectivity index (χ3v) is 2.69. The summed E-state index contributed by atoms with van der Waals surface area (Å²) >= 11 is 0. The number of aliphatic hydroxyl groups is 1. The van der Waals surface area contributed by atoms with E-state index in [0.717, 1.165) is 0 Å². The first-order valence-corrected chi connectivity index (χ1v) is 4.04. The molecular weight excluding hydrogens is 136 g/mol. The molecule has 1 N–H and O–H groups in total. The number of hydrogen-bond acceptors (Lipinski definition) is 1. The van der Waals surface area contributed by atoms with Gasteiger partial charge in [-0.25, -0.2) is 0 Å². The van der Waals surface area contributed by atoms with E-state index in [-0.39, 0.29) is 6.61 Å². The number of aliphatic hydroxyl groups excluding tert-OH is 1. The number of hydrogen-bond donors (Lipinski definition) is 1. The van der Waals surface area contributed by atoms with Gasteiger partial charge >= 0.3 is 0 Å². The van der Waals surface area contributed by atoms with E-state index in [1.54, 1.807) is 0 Å². The summed E-state index contributed by atoms with van der Waals surface area (Å²) < 4.78 is 0. The van der Waals surface area contributed by atoms with Crippen LogP contribution in [0.4, 0.5) is 0 Å². The molecule has 0 heterocycles. The molecule has 1 heteroatoms. The minimum atomic E-state index is 0.290. The first-order valence-electron chi connectivity index (χ1n) is 4.04. The van der Waals surface area contributed by atoms with Crippen LogP contribution in [0.1, 0.15) is 29.9 Å². The van der Waals surface area contributed by atoms with Crippen LogP contribution in [0.25, 0.3) is 0 Å². The molecule has 1 aliphatic carbocycles. The molecule has 1 aliphatic rings. The molecule has 2 unspecified atom stereocenters. The first kappa shape index (κ1) is 6.86. The fourth-order valence-corrected chi connectivity index (χ4v) is 1.91. The highest BCUT2D eigenvalue weighted by Gasteiger charge is 2.32. The average Bonchev–Trinajstić information content (AvgIpc) is 2.05. The van der Waals surface area contributed by atoms with Gasteiger partial charge in [0.25, 0.3) is 0 Å². The van der Waals surface area contributed by atoms with Crippen LogP contribution >= 0.6 is 0 Å². The lowest BCUT2D eigenvalue weighted by atomic mass is 9.69. The zero-order valence-corrected chi connectivity index (χ0v) is 6.62. The molecule has 0 fully saturated rings. The molecule has 11 heavy (non-hydrogen) atoms. The smallest absolute Gasteiger partial charge is 0.0505 e. The summed E-state index contributed by atoms with van der Waals surface area (Å²) in [5.74, 6) is 0.947. The lowest BCUT2D eigenvalue weighted by molar-refractivity contribution is 0.236. The summed E-state index contributed by atoms with van der Waals surface area (Å²) in [6.45, 7) is 2.46. The summed E-state index contributed by atoms with van der Waals surface area (Å²) in [5, 5.41) is 9.00. The highest BCUT2D eigenvalue weighted by molar-refractivity contribution is 5.44. The summed E-state index contributed by atoms with van der Waals surface area (Å²) in [4.78, 5) is 0. The zero-order valence-electron chi connectivity index (χ0n) is 6.62. The van der Waals surface area contributed by atoms with E-state index in [1.807, 2.05) is 6.07 Å². The fourth-order valence-electron chi connectivity index (χ4n) is 1.91. The Morgan fingerprint density at radius 3 is 2.55 bits per heavy atom. The van der Waals surface area contributed by atoms with Gasteiger partial charge in [0, 0.05) is 5.92 Å². The van der Waals surface area contributed by atoms with Gasteiger partial charge in [-0.3, -0.25) is 0 Å². The molecule has 0 radical (unpaired) electrons. The molecule has 1 aromatic carbocycles. The molecule has 2 atom stereocenters. The topological polar surface area (TPSA) is 20.2 Å². The Labute approximate surface area is 66.7 Å². The van der Waals surface area contributed by atoms with Crippen LogP contribution in [0.15, 0.2) is 24.3 Å². The van der Waals surface area contributed by atoms with Gasteiger partial charge in [-0.2, -0.15) is 0 Å². The molecule has 0 spiro atoms. The van der Waals surface area contributed by atoms with Gasteiger partial charge in [0.2, 0.25) is 0 Å². The van der Waals surface area contributed by atoms with Crippen molar-refractivity contribution in [1.29, 1.82) is 0 Å². The molecule has 1 aromatic rings. The molecule has 0 bridgehead atoms. The number of fused-ring (bicyclic) bond motifs is 1. The van der Waals surface area contributed by atoms with E-state index in [2.05, 4.69) is 25.1 Å². The van der Waals surface area contributed by atoms with Crippen molar-refractivity contribution >= 4 is 0 Å². The van der Waals surface area contributed by atoms with Crippen molar-refractivity contribution in [2.24, 2.45) is 0 Å². The molecule has 0 amide bonds. The van der Waals surface area contributed by atoms with Gasteiger partial charge in [-0.15, -0.1) is 0 Å². The van der Waals surface area contributed by atoms with Crippen molar-refractivity contribution in [2.75, 3.05) is 6.61 Å². The van der Waals surface area contributed by atoms with E-state index in [9.17, 15) is 0 Å². The van der Waals surface area contributed by atoms with Crippen LogP contribution in [0.5, 0.6) is 0 Å². The van der Waals surface area contributed by atoms with E-state index >= 15 is 0 Å². The van der Waals surface area contributed by atoms with Gasteiger partial charge in [-0.05, 0) is 17.0 Å². The maximum atomic E-state index is 9.00. The van der Waals surface area contributed by atoms with Gasteiger partial charge < -0.3 is 5.11 Å². The SMILES string of the molecule is CC1c2ccccc2C1CO. The largest absolute Gasteiger partial charge is 0.396 e. The van der Waals surface area contributed by atoms with E-state index in [0.29, 0.717) is 11.8 Å². The van der Waals surface area contributed by atoms with Gasteiger partial charge in [0.15, 0.2) is 0 Å². The average molecular weight is 148 g/mol. The van der Waals surface area contributed by atoms with Crippen LogP contribution in [0.2, 0.25) is 0 Å². The Morgan fingerprint density at radius 1 is 1.27 bits per heavy atom. The van der Waals surface area contributed by atoms with Crippen molar-refractivity contribution in [2.45, 2.75) is 18.8 Å². The lowest BCUT2D eigenvalue weighted by Gasteiger charge is -2.36. The normalized spacial score (nSPS) is 27.5. The van der Waals surface area contributed by atoms with E-state index in [4.69, 9.17) is 5.11 Å². The molecule has 0 saturated carbocycles. The maximum absolute atomic E-state index is 9.00. The summed E-state index contributed by atoms with van der Waals surface area (Å²) in [6.07, 6.45) is 0. The van der Waals surface area contributed by atoms with Crippen LogP contribution in [-0.2, 0) is 0 Å². The van der Waals surface area contributed by atoms with Crippen molar-refractivity contribution < 1.29 is 5.11 Å². The second-order valence-corrected chi connectivity index (χ2v) is 3.21. The predicted octanol–water partition coefficient (Wildman–Crippen LogP) is 1.88. The molecule has 2 rings (SSSR count). The lowest BCUT2D eigenvalue weighted by Crippen LogP contribution is -2.24. The Balaban J connectivity index is 2.39. The van der Waals surface area contributed by atoms with E-state index in [1.165, 1.54) is 11.1 Å². The summed E-state index contributed by atoms with van der Waals surface area (Å²) in [5.41, 5.74) is 2.74.